The zero-order valence-corrected chi connectivity index (χ0v) is 9.86. The second kappa shape index (κ2) is 4.22. The summed E-state index contributed by atoms with van der Waals surface area (Å²) >= 11 is 16.4. The normalized spacial score (nSPS) is 13.9. The molecule has 0 fully saturated rings. The van der Waals surface area contributed by atoms with E-state index < -0.39 is 21.3 Å². The summed E-state index contributed by atoms with van der Waals surface area (Å²) in [6.07, 6.45) is -1.51. The zero-order chi connectivity index (χ0) is 11.8. The number of hydrogen-bond acceptors (Lipinski definition) is 3. The van der Waals surface area contributed by atoms with E-state index in [4.69, 9.17) is 34.8 Å². The van der Waals surface area contributed by atoms with Gasteiger partial charge in [0.05, 0.1) is 0 Å². The number of aryl methyl sites for hydroxylation is 1. The highest BCUT2D eigenvalue weighted by molar-refractivity contribution is 6.68. The Morgan fingerprint density at radius 3 is 2.40 bits per heavy atom. The number of rotatable bonds is 1. The zero-order valence-electron chi connectivity index (χ0n) is 7.59. The average molecular weight is 273 g/mol. The van der Waals surface area contributed by atoms with Crippen molar-refractivity contribution in [2.24, 2.45) is 0 Å². The van der Waals surface area contributed by atoms with Crippen molar-refractivity contribution in [3.8, 4) is 5.88 Å². The number of H-pyrrole nitrogens is 1. The standard InChI is InChI=1S/C8H8Cl3NO3/c1-3-2-4(13)12-7(15)5(3)6(14)8(9,10)11/h2,6,14H,1H3,(H2,12,13,15). The third-order valence-corrected chi connectivity index (χ3v) is 2.47. The van der Waals surface area contributed by atoms with Gasteiger partial charge < -0.3 is 10.2 Å². The van der Waals surface area contributed by atoms with Crippen LogP contribution in [0.3, 0.4) is 0 Å². The van der Waals surface area contributed by atoms with Gasteiger partial charge in [-0.25, -0.2) is 0 Å². The Morgan fingerprint density at radius 2 is 2.00 bits per heavy atom. The van der Waals surface area contributed by atoms with E-state index in [2.05, 4.69) is 4.98 Å². The van der Waals surface area contributed by atoms with E-state index >= 15 is 0 Å². The van der Waals surface area contributed by atoms with Crippen LogP contribution in [0.25, 0.3) is 0 Å². The van der Waals surface area contributed by atoms with Crippen LogP contribution in [0.15, 0.2) is 10.9 Å². The molecule has 1 rings (SSSR count). The summed E-state index contributed by atoms with van der Waals surface area (Å²) in [5.74, 6) is -0.501. The summed E-state index contributed by atoms with van der Waals surface area (Å²) in [5, 5.41) is 19.0. The fourth-order valence-corrected chi connectivity index (χ4v) is 1.52. The minimum atomic E-state index is -1.97. The third kappa shape index (κ3) is 2.78. The number of aliphatic hydroxyl groups is 1. The van der Waals surface area contributed by atoms with E-state index in [1.165, 1.54) is 13.0 Å². The minimum Gasteiger partial charge on any atom is -0.494 e. The van der Waals surface area contributed by atoms with E-state index in [0.717, 1.165) is 0 Å². The van der Waals surface area contributed by atoms with E-state index in [-0.39, 0.29) is 5.56 Å². The molecule has 0 amide bonds. The van der Waals surface area contributed by atoms with Crippen molar-refractivity contribution in [3.63, 3.8) is 0 Å². The molecule has 15 heavy (non-hydrogen) atoms. The Kier molecular flexibility index (Phi) is 3.55. The molecule has 1 heterocycles. The van der Waals surface area contributed by atoms with Crippen molar-refractivity contribution in [1.29, 1.82) is 0 Å². The first-order valence-electron chi connectivity index (χ1n) is 3.91. The molecule has 7 heteroatoms. The molecule has 4 nitrogen and oxygen atoms in total. The molecule has 1 atom stereocenters. The number of halogens is 3. The van der Waals surface area contributed by atoms with Crippen LogP contribution in [-0.4, -0.2) is 19.0 Å². The molecule has 0 bridgehead atoms. The fraction of sp³-hybridized carbons (Fsp3) is 0.375. The Labute approximate surface area is 100 Å². The smallest absolute Gasteiger partial charge is 0.250 e. The molecule has 0 spiro atoms. The second-order valence-electron chi connectivity index (χ2n) is 3.02. The highest BCUT2D eigenvalue weighted by Crippen LogP contribution is 2.42. The lowest BCUT2D eigenvalue weighted by atomic mass is 10.1. The second-order valence-corrected chi connectivity index (χ2v) is 5.39. The monoisotopic (exact) mass is 271 g/mol. The Hall–Kier alpha value is -0.420. The number of nitrogens with one attached hydrogen (secondary N) is 1. The van der Waals surface area contributed by atoms with Gasteiger partial charge >= 0.3 is 0 Å². The van der Waals surface area contributed by atoms with Crippen LogP contribution in [0.1, 0.15) is 17.2 Å². The lowest BCUT2D eigenvalue weighted by Crippen LogP contribution is -2.20. The molecule has 0 aliphatic rings. The summed E-state index contributed by atoms with van der Waals surface area (Å²) in [4.78, 5) is 13.0. The SMILES string of the molecule is Cc1cc(=O)[nH]c(O)c1C(O)C(Cl)(Cl)Cl. The summed E-state index contributed by atoms with van der Waals surface area (Å²) in [6.45, 7) is 1.52. The largest absolute Gasteiger partial charge is 0.494 e. The predicted octanol–water partition coefficient (Wildman–Crippen LogP) is 1.79. The number of alkyl halides is 3. The van der Waals surface area contributed by atoms with E-state index in [9.17, 15) is 15.0 Å². The number of aromatic hydroxyl groups is 1. The highest BCUT2D eigenvalue weighted by atomic mass is 35.6. The first kappa shape index (κ1) is 12.6. The van der Waals surface area contributed by atoms with Gasteiger partial charge in [0.25, 0.3) is 5.56 Å². The van der Waals surface area contributed by atoms with Gasteiger partial charge in [-0.1, -0.05) is 34.8 Å². The van der Waals surface area contributed by atoms with Crippen LogP contribution in [0.4, 0.5) is 0 Å². The van der Waals surface area contributed by atoms with Gasteiger partial charge in [-0.15, -0.1) is 0 Å². The van der Waals surface area contributed by atoms with Gasteiger partial charge in [0.2, 0.25) is 3.79 Å². The molecule has 1 aromatic rings. The first-order chi connectivity index (χ1) is 6.73. The molecule has 3 N–H and O–H groups in total. The molecule has 1 aromatic heterocycles. The van der Waals surface area contributed by atoms with E-state index in [1.54, 1.807) is 0 Å². The maximum absolute atomic E-state index is 10.9. The van der Waals surface area contributed by atoms with Crippen LogP contribution < -0.4 is 5.56 Å². The number of aliphatic hydroxyl groups excluding tert-OH is 1. The first-order valence-corrected chi connectivity index (χ1v) is 5.04. The van der Waals surface area contributed by atoms with Crippen LogP contribution in [0, 0.1) is 6.92 Å². The molecule has 0 saturated heterocycles. The molecule has 84 valence electrons. The van der Waals surface area contributed by atoms with Crippen molar-refractivity contribution in [3.05, 3.63) is 27.5 Å². The maximum atomic E-state index is 10.9. The van der Waals surface area contributed by atoms with Gasteiger partial charge in [-0.05, 0) is 12.5 Å². The van der Waals surface area contributed by atoms with Crippen LogP contribution in [-0.2, 0) is 0 Å². The van der Waals surface area contributed by atoms with Crippen molar-refractivity contribution < 1.29 is 10.2 Å². The van der Waals surface area contributed by atoms with Gasteiger partial charge in [0.15, 0.2) is 5.88 Å². The molecule has 1 unspecified atom stereocenters. The average Bonchev–Trinajstić information content (AvgIpc) is 1.99. The molecular formula is C8H8Cl3NO3. The number of pyridine rings is 1. The summed E-state index contributed by atoms with van der Waals surface area (Å²) in [5.41, 5.74) is -0.157. The van der Waals surface area contributed by atoms with E-state index in [1.807, 2.05) is 0 Å². The minimum absolute atomic E-state index is 0.00500. The van der Waals surface area contributed by atoms with Crippen molar-refractivity contribution in [1.82, 2.24) is 4.98 Å². The topological polar surface area (TPSA) is 73.3 Å². The van der Waals surface area contributed by atoms with Gasteiger partial charge in [-0.2, -0.15) is 0 Å². The number of aromatic nitrogens is 1. The predicted molar refractivity (Wildman–Crippen MR) is 58.7 cm³/mol. The lowest BCUT2D eigenvalue weighted by molar-refractivity contribution is 0.176. The van der Waals surface area contributed by atoms with Gasteiger partial charge in [0.1, 0.15) is 6.10 Å². The fourth-order valence-electron chi connectivity index (χ4n) is 1.19. The van der Waals surface area contributed by atoms with Crippen molar-refractivity contribution >= 4 is 34.8 Å². The summed E-state index contributed by atoms with van der Waals surface area (Å²) in [6, 6.07) is 1.19. The van der Waals surface area contributed by atoms with E-state index in [0.29, 0.717) is 5.56 Å². The summed E-state index contributed by atoms with van der Waals surface area (Å²) in [7, 11) is 0. The van der Waals surface area contributed by atoms with Crippen molar-refractivity contribution in [2.45, 2.75) is 16.8 Å². The highest BCUT2D eigenvalue weighted by Gasteiger charge is 2.35. The molecule has 0 saturated carbocycles. The van der Waals surface area contributed by atoms with Crippen molar-refractivity contribution in [2.75, 3.05) is 0 Å². The Bertz CT molecular complexity index is 398. The lowest BCUT2D eigenvalue weighted by Gasteiger charge is -2.21. The van der Waals surface area contributed by atoms with Crippen LogP contribution >= 0.6 is 34.8 Å². The number of aromatic amines is 1. The number of hydrogen-bond donors (Lipinski definition) is 3. The van der Waals surface area contributed by atoms with Crippen LogP contribution in [0.2, 0.25) is 0 Å². The molecular weight excluding hydrogens is 264 g/mol. The molecule has 0 aliphatic carbocycles. The quantitative estimate of drug-likeness (QED) is 0.683. The van der Waals surface area contributed by atoms with Crippen LogP contribution in [0.5, 0.6) is 5.88 Å². The third-order valence-electron chi connectivity index (χ3n) is 1.85. The molecule has 0 radical (unpaired) electrons. The molecule has 0 aromatic carbocycles. The maximum Gasteiger partial charge on any atom is 0.250 e. The molecule has 0 aliphatic heterocycles. The van der Waals surface area contributed by atoms with Gasteiger partial charge in [0, 0.05) is 11.6 Å². The van der Waals surface area contributed by atoms with Gasteiger partial charge in [-0.3, -0.25) is 9.78 Å². The Morgan fingerprint density at radius 1 is 1.47 bits per heavy atom. The summed E-state index contributed by atoms with van der Waals surface area (Å²) < 4.78 is -1.97. The Balaban J connectivity index is 3.32.